The van der Waals surface area contributed by atoms with E-state index in [0.29, 0.717) is 12.5 Å². The van der Waals surface area contributed by atoms with E-state index >= 15 is 0 Å². The minimum Gasteiger partial charge on any atom is -0.466 e. The maximum absolute atomic E-state index is 11.9. The normalized spacial score (nSPS) is 27.9. The van der Waals surface area contributed by atoms with Crippen molar-refractivity contribution in [3.8, 4) is 0 Å². The molecule has 1 fully saturated rings. The molecule has 4 heteroatoms. The SMILES string of the molecule is CCOC(=O)C[C@H]1O[C@@H](c2ccccc2)O[C@@H](CC(C)C)[C@H]1C. The third-order valence-electron chi connectivity index (χ3n) is 4.22. The van der Waals surface area contributed by atoms with E-state index in [1.54, 1.807) is 0 Å². The van der Waals surface area contributed by atoms with Crippen molar-refractivity contribution >= 4 is 5.97 Å². The van der Waals surface area contributed by atoms with Crippen LogP contribution in [0, 0.1) is 11.8 Å². The van der Waals surface area contributed by atoms with Crippen molar-refractivity contribution in [2.45, 2.75) is 59.0 Å². The molecule has 23 heavy (non-hydrogen) atoms. The Kier molecular flexibility index (Phi) is 6.60. The first kappa shape index (κ1) is 18.0. The average molecular weight is 320 g/mol. The van der Waals surface area contributed by atoms with Crippen LogP contribution in [0.25, 0.3) is 0 Å². The Labute approximate surface area is 139 Å². The largest absolute Gasteiger partial charge is 0.466 e. The topological polar surface area (TPSA) is 44.8 Å². The third-order valence-corrected chi connectivity index (χ3v) is 4.22. The Morgan fingerprint density at radius 3 is 2.43 bits per heavy atom. The number of esters is 1. The average Bonchev–Trinajstić information content (AvgIpc) is 2.51. The number of carbonyl (C=O) groups excluding carboxylic acids is 1. The summed E-state index contributed by atoms with van der Waals surface area (Å²) in [5.74, 6) is 0.475. The molecular formula is C19H28O4. The Balaban J connectivity index is 2.14. The van der Waals surface area contributed by atoms with Gasteiger partial charge in [-0.05, 0) is 19.3 Å². The van der Waals surface area contributed by atoms with Gasteiger partial charge in [-0.2, -0.15) is 0 Å². The van der Waals surface area contributed by atoms with Gasteiger partial charge in [-0.1, -0.05) is 51.1 Å². The van der Waals surface area contributed by atoms with Crippen LogP contribution in [0.3, 0.4) is 0 Å². The van der Waals surface area contributed by atoms with Crippen molar-refractivity contribution in [2.24, 2.45) is 11.8 Å². The van der Waals surface area contributed by atoms with Gasteiger partial charge in [0.1, 0.15) is 0 Å². The summed E-state index contributed by atoms with van der Waals surface area (Å²) in [4.78, 5) is 11.9. The van der Waals surface area contributed by atoms with Gasteiger partial charge in [0.25, 0.3) is 0 Å². The highest BCUT2D eigenvalue weighted by Crippen LogP contribution is 2.37. The van der Waals surface area contributed by atoms with Crippen LogP contribution in [0.4, 0.5) is 0 Å². The van der Waals surface area contributed by atoms with E-state index in [9.17, 15) is 4.79 Å². The number of carbonyl (C=O) groups is 1. The molecule has 0 bridgehead atoms. The minimum atomic E-state index is -0.421. The summed E-state index contributed by atoms with van der Waals surface area (Å²) in [6, 6.07) is 9.90. The first-order valence-corrected chi connectivity index (χ1v) is 8.52. The monoisotopic (exact) mass is 320 g/mol. The lowest BCUT2D eigenvalue weighted by atomic mass is 9.88. The number of ether oxygens (including phenoxy) is 3. The molecule has 1 aliphatic rings. The molecule has 1 saturated heterocycles. The Morgan fingerprint density at radius 1 is 1.17 bits per heavy atom. The van der Waals surface area contributed by atoms with Gasteiger partial charge in [0.15, 0.2) is 6.29 Å². The minimum absolute atomic E-state index is 0.0772. The van der Waals surface area contributed by atoms with E-state index in [2.05, 4.69) is 20.8 Å². The Hall–Kier alpha value is -1.39. The second kappa shape index (κ2) is 8.46. The van der Waals surface area contributed by atoms with E-state index in [4.69, 9.17) is 14.2 Å². The highest BCUT2D eigenvalue weighted by Gasteiger charge is 2.38. The van der Waals surface area contributed by atoms with Crippen molar-refractivity contribution < 1.29 is 19.0 Å². The van der Waals surface area contributed by atoms with Crippen molar-refractivity contribution in [3.63, 3.8) is 0 Å². The first-order valence-electron chi connectivity index (χ1n) is 8.52. The number of hydrogen-bond donors (Lipinski definition) is 0. The van der Waals surface area contributed by atoms with Crippen molar-refractivity contribution in [3.05, 3.63) is 35.9 Å². The molecule has 0 saturated carbocycles. The zero-order chi connectivity index (χ0) is 16.8. The lowest BCUT2D eigenvalue weighted by Gasteiger charge is -2.41. The third kappa shape index (κ3) is 5.05. The number of hydrogen-bond acceptors (Lipinski definition) is 4. The Morgan fingerprint density at radius 2 is 1.83 bits per heavy atom. The zero-order valence-corrected chi connectivity index (χ0v) is 14.5. The first-order chi connectivity index (χ1) is 11.0. The van der Waals surface area contributed by atoms with Crippen LogP contribution in [0.1, 0.15) is 52.4 Å². The number of rotatable bonds is 6. The van der Waals surface area contributed by atoms with Gasteiger partial charge in [0.05, 0.1) is 25.2 Å². The molecular weight excluding hydrogens is 292 g/mol. The van der Waals surface area contributed by atoms with Gasteiger partial charge in [-0.15, -0.1) is 0 Å². The van der Waals surface area contributed by atoms with Crippen molar-refractivity contribution in [1.29, 1.82) is 0 Å². The maximum Gasteiger partial charge on any atom is 0.308 e. The predicted octanol–water partition coefficient (Wildman–Crippen LogP) is 4.10. The van der Waals surface area contributed by atoms with Crippen molar-refractivity contribution in [1.82, 2.24) is 0 Å². The summed E-state index contributed by atoms with van der Waals surface area (Å²) in [6.07, 6.45) is 0.699. The highest BCUT2D eigenvalue weighted by molar-refractivity contribution is 5.70. The molecule has 128 valence electrons. The summed E-state index contributed by atoms with van der Waals surface area (Å²) in [7, 11) is 0. The summed E-state index contributed by atoms with van der Waals surface area (Å²) in [6.45, 7) is 8.68. The zero-order valence-electron chi connectivity index (χ0n) is 14.5. The van der Waals surface area contributed by atoms with E-state index in [1.165, 1.54) is 0 Å². The summed E-state index contributed by atoms with van der Waals surface area (Å²) in [5, 5.41) is 0. The molecule has 0 amide bonds. The molecule has 4 atom stereocenters. The molecule has 2 rings (SSSR count). The second-order valence-electron chi connectivity index (χ2n) is 6.59. The fraction of sp³-hybridized carbons (Fsp3) is 0.632. The van der Waals surface area contributed by atoms with Gasteiger partial charge in [0, 0.05) is 11.5 Å². The van der Waals surface area contributed by atoms with Crippen LogP contribution in [0.2, 0.25) is 0 Å². The quantitative estimate of drug-likeness (QED) is 0.740. The van der Waals surface area contributed by atoms with Gasteiger partial charge in [0.2, 0.25) is 0 Å². The molecule has 0 spiro atoms. The van der Waals surface area contributed by atoms with E-state index in [0.717, 1.165) is 12.0 Å². The van der Waals surface area contributed by atoms with Crippen molar-refractivity contribution in [2.75, 3.05) is 6.61 Å². The molecule has 4 nitrogen and oxygen atoms in total. The van der Waals surface area contributed by atoms with Gasteiger partial charge < -0.3 is 14.2 Å². The fourth-order valence-electron chi connectivity index (χ4n) is 2.96. The molecule has 0 aromatic heterocycles. The molecule has 0 radical (unpaired) electrons. The van der Waals surface area contributed by atoms with Gasteiger partial charge in [-0.25, -0.2) is 0 Å². The molecule has 0 unspecified atom stereocenters. The van der Waals surface area contributed by atoms with Crippen LogP contribution >= 0.6 is 0 Å². The highest BCUT2D eigenvalue weighted by atomic mass is 16.7. The van der Waals surface area contributed by atoms with E-state index in [-0.39, 0.29) is 30.5 Å². The molecule has 1 aromatic carbocycles. The molecule has 0 N–H and O–H groups in total. The van der Waals surface area contributed by atoms with Gasteiger partial charge in [-0.3, -0.25) is 4.79 Å². The lowest BCUT2D eigenvalue weighted by molar-refractivity contribution is -0.274. The Bertz CT molecular complexity index is 485. The van der Waals surface area contributed by atoms with E-state index < -0.39 is 6.29 Å². The number of benzene rings is 1. The van der Waals surface area contributed by atoms with Crippen LogP contribution < -0.4 is 0 Å². The molecule has 1 aliphatic heterocycles. The summed E-state index contributed by atoms with van der Waals surface area (Å²) < 4.78 is 17.4. The maximum atomic E-state index is 11.9. The molecule has 1 heterocycles. The second-order valence-corrected chi connectivity index (χ2v) is 6.59. The van der Waals surface area contributed by atoms with E-state index in [1.807, 2.05) is 37.3 Å². The van der Waals surface area contributed by atoms with Crippen LogP contribution in [0.5, 0.6) is 0 Å². The molecule has 0 aliphatic carbocycles. The van der Waals surface area contributed by atoms with Crippen LogP contribution in [0.15, 0.2) is 30.3 Å². The fourth-order valence-corrected chi connectivity index (χ4v) is 2.96. The van der Waals surface area contributed by atoms with Gasteiger partial charge >= 0.3 is 5.97 Å². The summed E-state index contributed by atoms with van der Waals surface area (Å²) in [5.41, 5.74) is 0.988. The standard InChI is InChI=1S/C19H28O4/c1-5-21-18(20)12-17-14(4)16(11-13(2)3)22-19(23-17)15-9-7-6-8-10-15/h6-10,13-14,16-17,19H,5,11-12H2,1-4H3/t14-,16+,17-,19+/m1/s1. The van der Waals surface area contributed by atoms with Crippen LogP contribution in [-0.2, 0) is 19.0 Å². The smallest absolute Gasteiger partial charge is 0.308 e. The molecule has 1 aromatic rings. The summed E-state index contributed by atoms with van der Waals surface area (Å²) >= 11 is 0. The lowest BCUT2D eigenvalue weighted by Crippen LogP contribution is -2.43. The van der Waals surface area contributed by atoms with Crippen LogP contribution in [-0.4, -0.2) is 24.8 Å². The predicted molar refractivity (Wildman–Crippen MR) is 88.8 cm³/mol.